The van der Waals surface area contributed by atoms with Crippen molar-refractivity contribution in [2.75, 3.05) is 20.3 Å². The Kier molecular flexibility index (Phi) is 4.90. The predicted octanol–water partition coefficient (Wildman–Crippen LogP) is 0.693. The first-order valence-corrected chi connectivity index (χ1v) is 5.14. The SMILES string of the molecule is COC(=O)CCC1CCOCCC1N. The number of hydrogen-bond donors (Lipinski definition) is 1. The minimum absolute atomic E-state index is 0.151. The van der Waals surface area contributed by atoms with Crippen LogP contribution in [0.3, 0.4) is 0 Å². The molecule has 0 aromatic carbocycles. The van der Waals surface area contributed by atoms with Gasteiger partial charge in [-0.25, -0.2) is 0 Å². The summed E-state index contributed by atoms with van der Waals surface area (Å²) in [6.45, 7) is 1.51. The van der Waals surface area contributed by atoms with Crippen molar-refractivity contribution < 1.29 is 14.3 Å². The maximum Gasteiger partial charge on any atom is 0.305 e. The van der Waals surface area contributed by atoms with Crippen LogP contribution >= 0.6 is 0 Å². The van der Waals surface area contributed by atoms with Gasteiger partial charge < -0.3 is 15.2 Å². The minimum Gasteiger partial charge on any atom is -0.469 e. The van der Waals surface area contributed by atoms with E-state index in [0.717, 1.165) is 32.5 Å². The van der Waals surface area contributed by atoms with Crippen molar-refractivity contribution in [3.63, 3.8) is 0 Å². The fraction of sp³-hybridized carbons (Fsp3) is 0.900. The summed E-state index contributed by atoms with van der Waals surface area (Å²) in [5, 5.41) is 0. The molecule has 4 nitrogen and oxygen atoms in total. The summed E-state index contributed by atoms with van der Waals surface area (Å²) >= 11 is 0. The van der Waals surface area contributed by atoms with Crippen LogP contribution in [0.2, 0.25) is 0 Å². The smallest absolute Gasteiger partial charge is 0.305 e. The summed E-state index contributed by atoms with van der Waals surface area (Å²) < 4.78 is 9.93. The van der Waals surface area contributed by atoms with Crippen molar-refractivity contribution in [1.29, 1.82) is 0 Å². The third-order valence-electron chi connectivity index (χ3n) is 2.78. The molecule has 4 heteroatoms. The molecular weight excluding hydrogens is 182 g/mol. The van der Waals surface area contributed by atoms with Crippen LogP contribution in [0.5, 0.6) is 0 Å². The van der Waals surface area contributed by atoms with Gasteiger partial charge in [0.15, 0.2) is 0 Å². The topological polar surface area (TPSA) is 61.5 Å². The lowest BCUT2D eigenvalue weighted by atomic mass is 9.91. The third-order valence-corrected chi connectivity index (χ3v) is 2.78. The lowest BCUT2D eigenvalue weighted by Crippen LogP contribution is -2.30. The molecule has 1 saturated heterocycles. The fourth-order valence-electron chi connectivity index (χ4n) is 1.77. The number of ether oxygens (including phenoxy) is 2. The first-order chi connectivity index (χ1) is 6.74. The largest absolute Gasteiger partial charge is 0.469 e. The summed E-state index contributed by atoms with van der Waals surface area (Å²) in [4.78, 5) is 11.0. The number of nitrogens with two attached hydrogens (primary N) is 1. The predicted molar refractivity (Wildman–Crippen MR) is 52.8 cm³/mol. The van der Waals surface area contributed by atoms with E-state index < -0.39 is 0 Å². The molecule has 1 aliphatic heterocycles. The number of methoxy groups -OCH3 is 1. The summed E-state index contributed by atoms with van der Waals surface area (Å²) in [6.07, 6.45) is 3.13. The Morgan fingerprint density at radius 3 is 2.93 bits per heavy atom. The lowest BCUT2D eigenvalue weighted by molar-refractivity contribution is -0.141. The van der Waals surface area contributed by atoms with Gasteiger partial charge in [-0.15, -0.1) is 0 Å². The quantitative estimate of drug-likeness (QED) is 0.682. The zero-order valence-corrected chi connectivity index (χ0v) is 8.70. The lowest BCUT2D eigenvalue weighted by Gasteiger charge is -2.19. The van der Waals surface area contributed by atoms with E-state index in [1.165, 1.54) is 7.11 Å². The molecule has 2 atom stereocenters. The van der Waals surface area contributed by atoms with E-state index in [1.54, 1.807) is 0 Å². The Morgan fingerprint density at radius 1 is 1.50 bits per heavy atom. The molecule has 0 amide bonds. The highest BCUT2D eigenvalue weighted by molar-refractivity contribution is 5.69. The van der Waals surface area contributed by atoms with Gasteiger partial charge >= 0.3 is 5.97 Å². The minimum atomic E-state index is -0.151. The number of carbonyl (C=O) groups excluding carboxylic acids is 1. The Bertz CT molecular complexity index is 184. The summed E-state index contributed by atoms with van der Waals surface area (Å²) in [5.74, 6) is 0.249. The standard InChI is InChI=1S/C10H19NO3/c1-13-10(12)3-2-8-4-6-14-7-5-9(8)11/h8-9H,2-7,11H2,1H3. The van der Waals surface area contributed by atoms with Gasteiger partial charge in [-0.3, -0.25) is 4.79 Å². The van der Waals surface area contributed by atoms with E-state index in [0.29, 0.717) is 12.3 Å². The van der Waals surface area contributed by atoms with Crippen LogP contribution in [0, 0.1) is 5.92 Å². The second kappa shape index (κ2) is 5.98. The fourth-order valence-corrected chi connectivity index (χ4v) is 1.77. The number of hydrogen-bond acceptors (Lipinski definition) is 4. The van der Waals surface area contributed by atoms with Gasteiger partial charge in [0.25, 0.3) is 0 Å². The van der Waals surface area contributed by atoms with E-state index in [9.17, 15) is 4.79 Å². The molecule has 1 rings (SSSR count). The number of esters is 1. The highest BCUT2D eigenvalue weighted by Gasteiger charge is 2.21. The Balaban J connectivity index is 2.29. The second-order valence-electron chi connectivity index (χ2n) is 3.73. The Morgan fingerprint density at radius 2 is 2.21 bits per heavy atom. The first-order valence-electron chi connectivity index (χ1n) is 5.14. The molecule has 0 aromatic rings. The molecule has 0 bridgehead atoms. The average molecular weight is 201 g/mol. The third kappa shape index (κ3) is 3.64. The van der Waals surface area contributed by atoms with Gasteiger partial charge in [-0.2, -0.15) is 0 Å². The van der Waals surface area contributed by atoms with Gasteiger partial charge in [-0.05, 0) is 25.2 Å². The molecule has 2 N–H and O–H groups in total. The van der Waals surface area contributed by atoms with Crippen LogP contribution in [0.25, 0.3) is 0 Å². The van der Waals surface area contributed by atoms with Crippen molar-refractivity contribution in [1.82, 2.24) is 0 Å². The summed E-state index contributed by atoms with van der Waals surface area (Å²) in [7, 11) is 1.42. The van der Waals surface area contributed by atoms with Crippen molar-refractivity contribution >= 4 is 5.97 Å². The Labute approximate surface area is 84.7 Å². The van der Waals surface area contributed by atoms with Gasteiger partial charge in [0.2, 0.25) is 0 Å². The maximum atomic E-state index is 11.0. The molecule has 0 aromatic heterocycles. The maximum absolute atomic E-state index is 11.0. The molecule has 0 aliphatic carbocycles. The van der Waals surface area contributed by atoms with Crippen LogP contribution in [0.4, 0.5) is 0 Å². The van der Waals surface area contributed by atoms with E-state index in [-0.39, 0.29) is 12.0 Å². The first kappa shape index (κ1) is 11.5. The molecule has 0 radical (unpaired) electrons. The van der Waals surface area contributed by atoms with E-state index in [1.807, 2.05) is 0 Å². The highest BCUT2D eigenvalue weighted by Crippen LogP contribution is 2.20. The van der Waals surface area contributed by atoms with Gasteiger partial charge in [0.05, 0.1) is 7.11 Å². The molecule has 14 heavy (non-hydrogen) atoms. The van der Waals surface area contributed by atoms with E-state index >= 15 is 0 Å². The van der Waals surface area contributed by atoms with Crippen LogP contribution in [0.15, 0.2) is 0 Å². The van der Waals surface area contributed by atoms with Crippen molar-refractivity contribution in [3.8, 4) is 0 Å². The molecule has 1 fully saturated rings. The Hall–Kier alpha value is -0.610. The zero-order valence-electron chi connectivity index (χ0n) is 8.70. The molecular formula is C10H19NO3. The van der Waals surface area contributed by atoms with Gasteiger partial charge in [0.1, 0.15) is 0 Å². The van der Waals surface area contributed by atoms with Crippen molar-refractivity contribution in [2.24, 2.45) is 11.7 Å². The highest BCUT2D eigenvalue weighted by atomic mass is 16.5. The molecule has 0 spiro atoms. The average Bonchev–Trinajstić information content (AvgIpc) is 2.39. The monoisotopic (exact) mass is 201 g/mol. The van der Waals surface area contributed by atoms with Crippen molar-refractivity contribution in [2.45, 2.75) is 31.7 Å². The molecule has 1 aliphatic rings. The number of carbonyl (C=O) groups is 1. The second-order valence-corrected chi connectivity index (χ2v) is 3.73. The summed E-state index contributed by atoms with van der Waals surface area (Å²) in [6, 6.07) is 0.169. The van der Waals surface area contributed by atoms with Crippen LogP contribution in [0.1, 0.15) is 25.7 Å². The van der Waals surface area contributed by atoms with Gasteiger partial charge in [0, 0.05) is 25.7 Å². The summed E-state index contributed by atoms with van der Waals surface area (Å²) in [5.41, 5.74) is 5.97. The van der Waals surface area contributed by atoms with E-state index in [4.69, 9.17) is 10.5 Å². The van der Waals surface area contributed by atoms with Crippen molar-refractivity contribution in [3.05, 3.63) is 0 Å². The number of rotatable bonds is 3. The molecule has 0 saturated carbocycles. The van der Waals surface area contributed by atoms with E-state index in [2.05, 4.69) is 4.74 Å². The van der Waals surface area contributed by atoms with Crippen LogP contribution < -0.4 is 5.73 Å². The van der Waals surface area contributed by atoms with Crippen LogP contribution in [-0.2, 0) is 14.3 Å². The normalized spacial score (nSPS) is 28.1. The molecule has 2 unspecified atom stereocenters. The van der Waals surface area contributed by atoms with Crippen LogP contribution in [-0.4, -0.2) is 32.3 Å². The zero-order chi connectivity index (χ0) is 10.4. The molecule has 1 heterocycles. The van der Waals surface area contributed by atoms with Gasteiger partial charge in [-0.1, -0.05) is 0 Å². The molecule has 82 valence electrons.